The SMILES string of the molecule is OC(c1ccc(-c2ccccc2)cc1)c1ccccc1Br. The first kappa shape index (κ1) is 14.1. The Kier molecular flexibility index (Phi) is 4.18. The number of rotatable bonds is 3. The zero-order valence-corrected chi connectivity index (χ0v) is 13.0. The first-order valence-electron chi connectivity index (χ1n) is 6.83. The van der Waals surface area contributed by atoms with E-state index in [1.54, 1.807) is 0 Å². The minimum Gasteiger partial charge on any atom is -0.384 e. The molecule has 0 fully saturated rings. The number of aliphatic hydroxyl groups excluding tert-OH is 1. The molecular formula is C19H15BrO. The summed E-state index contributed by atoms with van der Waals surface area (Å²) in [6.45, 7) is 0. The summed E-state index contributed by atoms with van der Waals surface area (Å²) in [7, 11) is 0. The fourth-order valence-electron chi connectivity index (χ4n) is 2.36. The third kappa shape index (κ3) is 3.07. The van der Waals surface area contributed by atoms with E-state index in [-0.39, 0.29) is 0 Å². The molecule has 1 atom stereocenters. The summed E-state index contributed by atoms with van der Waals surface area (Å²) in [6, 6.07) is 26.0. The maximum Gasteiger partial charge on any atom is 0.105 e. The molecule has 0 heterocycles. The van der Waals surface area contributed by atoms with Crippen LogP contribution >= 0.6 is 15.9 Å². The topological polar surface area (TPSA) is 20.2 Å². The molecule has 0 saturated carbocycles. The van der Waals surface area contributed by atoms with Gasteiger partial charge in [-0.3, -0.25) is 0 Å². The van der Waals surface area contributed by atoms with Gasteiger partial charge in [-0.15, -0.1) is 0 Å². The van der Waals surface area contributed by atoms with Gasteiger partial charge >= 0.3 is 0 Å². The standard InChI is InChI=1S/C19H15BrO/c20-18-9-5-4-8-17(18)19(21)16-12-10-15(11-13-16)14-6-2-1-3-7-14/h1-13,19,21H. The van der Waals surface area contributed by atoms with Gasteiger partial charge in [0, 0.05) is 4.47 Å². The maximum atomic E-state index is 10.5. The predicted octanol–water partition coefficient (Wildman–Crippen LogP) is 5.20. The highest BCUT2D eigenvalue weighted by Crippen LogP contribution is 2.29. The minimum absolute atomic E-state index is 0.620. The van der Waals surface area contributed by atoms with Crippen LogP contribution < -0.4 is 0 Å². The van der Waals surface area contributed by atoms with E-state index in [4.69, 9.17) is 0 Å². The van der Waals surface area contributed by atoms with E-state index in [9.17, 15) is 5.11 Å². The van der Waals surface area contributed by atoms with Crippen molar-refractivity contribution in [1.29, 1.82) is 0 Å². The quantitative estimate of drug-likeness (QED) is 0.696. The van der Waals surface area contributed by atoms with Crippen molar-refractivity contribution in [1.82, 2.24) is 0 Å². The van der Waals surface area contributed by atoms with Crippen LogP contribution in [0.15, 0.2) is 83.3 Å². The van der Waals surface area contributed by atoms with E-state index in [1.165, 1.54) is 5.56 Å². The predicted molar refractivity (Wildman–Crippen MR) is 90.1 cm³/mol. The zero-order valence-electron chi connectivity index (χ0n) is 11.4. The second-order valence-electron chi connectivity index (χ2n) is 4.91. The van der Waals surface area contributed by atoms with Crippen LogP contribution in [0.4, 0.5) is 0 Å². The molecule has 0 saturated heterocycles. The van der Waals surface area contributed by atoms with Gasteiger partial charge in [0.25, 0.3) is 0 Å². The molecule has 104 valence electrons. The average molecular weight is 339 g/mol. The van der Waals surface area contributed by atoms with Crippen molar-refractivity contribution in [2.45, 2.75) is 6.10 Å². The van der Waals surface area contributed by atoms with Gasteiger partial charge in [-0.2, -0.15) is 0 Å². The van der Waals surface area contributed by atoms with Crippen molar-refractivity contribution < 1.29 is 5.11 Å². The Bertz CT molecular complexity index is 720. The lowest BCUT2D eigenvalue weighted by atomic mass is 9.98. The summed E-state index contributed by atoms with van der Waals surface area (Å²) in [4.78, 5) is 0. The van der Waals surface area contributed by atoms with Gasteiger partial charge < -0.3 is 5.11 Å². The van der Waals surface area contributed by atoms with E-state index in [1.807, 2.05) is 66.7 Å². The largest absolute Gasteiger partial charge is 0.384 e. The molecule has 0 aliphatic carbocycles. The van der Waals surface area contributed by atoms with Crippen molar-refractivity contribution in [3.63, 3.8) is 0 Å². The van der Waals surface area contributed by atoms with E-state index in [2.05, 4.69) is 28.1 Å². The Morgan fingerprint density at radius 3 is 1.90 bits per heavy atom. The van der Waals surface area contributed by atoms with Crippen LogP contribution in [0.1, 0.15) is 17.2 Å². The first-order valence-corrected chi connectivity index (χ1v) is 7.63. The third-order valence-electron chi connectivity index (χ3n) is 3.53. The fourth-order valence-corrected chi connectivity index (χ4v) is 2.87. The summed E-state index contributed by atoms with van der Waals surface area (Å²) in [5, 5.41) is 10.5. The molecule has 2 heteroatoms. The monoisotopic (exact) mass is 338 g/mol. The highest BCUT2D eigenvalue weighted by Gasteiger charge is 2.13. The van der Waals surface area contributed by atoms with Crippen LogP contribution in [0.5, 0.6) is 0 Å². The van der Waals surface area contributed by atoms with Crippen LogP contribution in [0.2, 0.25) is 0 Å². The molecule has 3 aromatic rings. The van der Waals surface area contributed by atoms with E-state index < -0.39 is 6.10 Å². The molecule has 3 rings (SSSR count). The number of halogens is 1. The number of benzene rings is 3. The van der Waals surface area contributed by atoms with Crippen LogP contribution in [-0.2, 0) is 0 Å². The van der Waals surface area contributed by atoms with Crippen molar-refractivity contribution in [2.75, 3.05) is 0 Å². The fraction of sp³-hybridized carbons (Fsp3) is 0.0526. The molecule has 3 aromatic carbocycles. The van der Waals surface area contributed by atoms with Crippen LogP contribution in [0, 0.1) is 0 Å². The highest BCUT2D eigenvalue weighted by molar-refractivity contribution is 9.10. The summed E-state index contributed by atoms with van der Waals surface area (Å²) in [6.07, 6.45) is -0.620. The van der Waals surface area contributed by atoms with Gasteiger partial charge in [-0.25, -0.2) is 0 Å². The molecule has 0 radical (unpaired) electrons. The van der Waals surface area contributed by atoms with Crippen molar-refractivity contribution in [2.24, 2.45) is 0 Å². The smallest absolute Gasteiger partial charge is 0.105 e. The lowest BCUT2D eigenvalue weighted by molar-refractivity contribution is 0.219. The Balaban J connectivity index is 1.89. The molecule has 1 N–H and O–H groups in total. The minimum atomic E-state index is -0.620. The molecule has 0 bridgehead atoms. The zero-order chi connectivity index (χ0) is 14.7. The molecule has 0 aliphatic rings. The van der Waals surface area contributed by atoms with Gasteiger partial charge in [0.2, 0.25) is 0 Å². The molecule has 1 nitrogen and oxygen atoms in total. The average Bonchev–Trinajstić information content (AvgIpc) is 2.56. The van der Waals surface area contributed by atoms with E-state index in [0.717, 1.165) is 21.2 Å². The van der Waals surface area contributed by atoms with Crippen molar-refractivity contribution >= 4 is 15.9 Å². The molecule has 0 spiro atoms. The van der Waals surface area contributed by atoms with Crippen LogP contribution in [-0.4, -0.2) is 5.11 Å². The van der Waals surface area contributed by atoms with Crippen molar-refractivity contribution in [3.8, 4) is 11.1 Å². The Hall–Kier alpha value is -1.90. The summed E-state index contributed by atoms with van der Waals surface area (Å²) in [5.74, 6) is 0. The number of hydrogen-bond acceptors (Lipinski definition) is 1. The third-order valence-corrected chi connectivity index (χ3v) is 4.26. The number of aliphatic hydroxyl groups is 1. The second-order valence-corrected chi connectivity index (χ2v) is 5.77. The lowest BCUT2D eigenvalue weighted by Gasteiger charge is -2.14. The second kappa shape index (κ2) is 6.25. The van der Waals surface area contributed by atoms with Gasteiger partial charge in [-0.1, -0.05) is 88.7 Å². The van der Waals surface area contributed by atoms with Gasteiger partial charge in [0.1, 0.15) is 6.10 Å². The van der Waals surface area contributed by atoms with Gasteiger partial charge in [0.15, 0.2) is 0 Å². The molecule has 0 aromatic heterocycles. The lowest BCUT2D eigenvalue weighted by Crippen LogP contribution is -2.00. The van der Waals surface area contributed by atoms with Crippen LogP contribution in [0.25, 0.3) is 11.1 Å². The van der Waals surface area contributed by atoms with E-state index >= 15 is 0 Å². The normalized spacial score (nSPS) is 12.1. The maximum absolute atomic E-state index is 10.5. The molecule has 0 amide bonds. The summed E-state index contributed by atoms with van der Waals surface area (Å²) >= 11 is 3.49. The summed E-state index contributed by atoms with van der Waals surface area (Å²) in [5.41, 5.74) is 4.10. The molecule has 0 aliphatic heterocycles. The molecular weight excluding hydrogens is 324 g/mol. The Morgan fingerprint density at radius 2 is 1.24 bits per heavy atom. The first-order chi connectivity index (χ1) is 10.3. The van der Waals surface area contributed by atoms with Gasteiger partial charge in [-0.05, 0) is 28.3 Å². The van der Waals surface area contributed by atoms with Gasteiger partial charge in [0.05, 0.1) is 0 Å². The summed E-state index contributed by atoms with van der Waals surface area (Å²) < 4.78 is 0.921. The van der Waals surface area contributed by atoms with Crippen molar-refractivity contribution in [3.05, 3.63) is 94.5 Å². The van der Waals surface area contributed by atoms with E-state index in [0.29, 0.717) is 0 Å². The Labute approximate surface area is 133 Å². The number of hydrogen-bond donors (Lipinski definition) is 1. The molecule has 1 unspecified atom stereocenters. The highest BCUT2D eigenvalue weighted by atomic mass is 79.9. The Morgan fingerprint density at radius 1 is 0.667 bits per heavy atom. The molecule has 21 heavy (non-hydrogen) atoms. The van der Waals surface area contributed by atoms with Crippen LogP contribution in [0.3, 0.4) is 0 Å².